The molecule has 1 aliphatic carbocycles. The van der Waals surface area contributed by atoms with Gasteiger partial charge in [-0.3, -0.25) is 4.79 Å². The van der Waals surface area contributed by atoms with E-state index in [0.29, 0.717) is 11.6 Å². The number of amides is 1. The Morgan fingerprint density at radius 2 is 1.85 bits per heavy atom. The Balaban J connectivity index is 1.61. The number of carbonyl (C=O) groups excluding carboxylic acids is 1. The minimum Gasteiger partial charge on any atom is -0.491 e. The Kier molecular flexibility index (Phi) is 6.10. The number of hydrogen-bond donors (Lipinski definition) is 2. The van der Waals surface area contributed by atoms with Crippen molar-refractivity contribution < 1.29 is 9.53 Å². The molecule has 5 nitrogen and oxygen atoms in total. The number of nitrogens with zero attached hydrogens (tertiary/aromatic N) is 1. The summed E-state index contributed by atoms with van der Waals surface area (Å²) in [6.07, 6.45) is 7.98. The predicted octanol–water partition coefficient (Wildman–Crippen LogP) is 4.87. The molecule has 138 valence electrons. The fraction of sp³-hybridized carbons (Fsp3) is 0.429. The van der Waals surface area contributed by atoms with Gasteiger partial charge in [0.2, 0.25) is 0 Å². The maximum absolute atomic E-state index is 12.5. The van der Waals surface area contributed by atoms with Crippen LogP contribution in [0.3, 0.4) is 0 Å². The molecule has 0 bridgehead atoms. The van der Waals surface area contributed by atoms with E-state index in [9.17, 15) is 4.79 Å². The molecule has 5 heteroatoms. The molecule has 0 atom stereocenters. The fourth-order valence-corrected chi connectivity index (χ4v) is 3.20. The molecule has 1 heterocycles. The van der Waals surface area contributed by atoms with Crippen molar-refractivity contribution in [2.24, 2.45) is 0 Å². The Bertz CT molecular complexity index is 722. The van der Waals surface area contributed by atoms with Crippen LogP contribution in [0.15, 0.2) is 42.6 Å². The SMILES string of the molecule is CC(C)Oc1ccc(NC(=O)c2ccnc(NC3CCCCC3)c2)cc1. The minimum absolute atomic E-state index is 0.127. The first kappa shape index (κ1) is 18.2. The highest BCUT2D eigenvalue weighted by molar-refractivity contribution is 6.04. The Labute approximate surface area is 155 Å². The van der Waals surface area contributed by atoms with Gasteiger partial charge in [0.15, 0.2) is 0 Å². The molecule has 1 aromatic carbocycles. The van der Waals surface area contributed by atoms with Gasteiger partial charge in [-0.25, -0.2) is 4.98 Å². The monoisotopic (exact) mass is 353 g/mol. The van der Waals surface area contributed by atoms with Crippen molar-refractivity contribution in [1.29, 1.82) is 0 Å². The summed E-state index contributed by atoms with van der Waals surface area (Å²) in [7, 11) is 0. The smallest absolute Gasteiger partial charge is 0.255 e. The zero-order valence-electron chi connectivity index (χ0n) is 15.5. The van der Waals surface area contributed by atoms with Gasteiger partial charge in [-0.05, 0) is 63.1 Å². The number of rotatable bonds is 6. The number of benzene rings is 1. The van der Waals surface area contributed by atoms with E-state index in [4.69, 9.17) is 4.74 Å². The van der Waals surface area contributed by atoms with Gasteiger partial charge in [0.05, 0.1) is 6.10 Å². The lowest BCUT2D eigenvalue weighted by Crippen LogP contribution is -2.23. The molecule has 1 amide bonds. The maximum Gasteiger partial charge on any atom is 0.255 e. The highest BCUT2D eigenvalue weighted by atomic mass is 16.5. The van der Waals surface area contributed by atoms with E-state index < -0.39 is 0 Å². The summed E-state index contributed by atoms with van der Waals surface area (Å²) in [5, 5.41) is 6.38. The number of carbonyl (C=O) groups is 1. The second-order valence-corrected chi connectivity index (χ2v) is 7.05. The summed E-state index contributed by atoms with van der Waals surface area (Å²) >= 11 is 0. The van der Waals surface area contributed by atoms with E-state index in [0.717, 1.165) is 17.3 Å². The van der Waals surface area contributed by atoms with Crippen molar-refractivity contribution in [1.82, 2.24) is 4.98 Å². The van der Waals surface area contributed by atoms with Gasteiger partial charge in [0, 0.05) is 23.5 Å². The van der Waals surface area contributed by atoms with Crippen LogP contribution in [0.2, 0.25) is 0 Å². The van der Waals surface area contributed by atoms with Crippen LogP contribution in [0.5, 0.6) is 5.75 Å². The normalized spacial score (nSPS) is 14.9. The van der Waals surface area contributed by atoms with Crippen molar-refractivity contribution >= 4 is 17.4 Å². The zero-order chi connectivity index (χ0) is 18.4. The maximum atomic E-state index is 12.5. The molecule has 0 aliphatic heterocycles. The van der Waals surface area contributed by atoms with Crippen molar-refractivity contribution in [2.75, 3.05) is 10.6 Å². The number of nitrogens with one attached hydrogen (secondary N) is 2. The number of pyridine rings is 1. The molecule has 2 aromatic rings. The van der Waals surface area contributed by atoms with Crippen molar-refractivity contribution in [3.05, 3.63) is 48.2 Å². The molecule has 26 heavy (non-hydrogen) atoms. The Morgan fingerprint density at radius 3 is 2.54 bits per heavy atom. The van der Waals surface area contributed by atoms with Gasteiger partial charge in [-0.2, -0.15) is 0 Å². The molecule has 1 fully saturated rings. The predicted molar refractivity (Wildman–Crippen MR) is 105 cm³/mol. The first-order valence-electron chi connectivity index (χ1n) is 9.41. The summed E-state index contributed by atoms with van der Waals surface area (Å²) in [5.74, 6) is 1.42. The third-order valence-electron chi connectivity index (χ3n) is 4.46. The van der Waals surface area contributed by atoms with Gasteiger partial charge >= 0.3 is 0 Å². The van der Waals surface area contributed by atoms with Gasteiger partial charge in [-0.15, -0.1) is 0 Å². The van der Waals surface area contributed by atoms with Crippen molar-refractivity contribution in [3.63, 3.8) is 0 Å². The highest BCUT2D eigenvalue weighted by Gasteiger charge is 2.14. The highest BCUT2D eigenvalue weighted by Crippen LogP contribution is 2.22. The van der Waals surface area contributed by atoms with E-state index >= 15 is 0 Å². The number of aromatic nitrogens is 1. The Morgan fingerprint density at radius 1 is 1.12 bits per heavy atom. The van der Waals surface area contributed by atoms with Crippen LogP contribution in [-0.4, -0.2) is 23.0 Å². The molecule has 0 spiro atoms. The lowest BCUT2D eigenvalue weighted by Gasteiger charge is -2.23. The lowest BCUT2D eigenvalue weighted by molar-refractivity contribution is 0.102. The molecule has 0 radical (unpaired) electrons. The van der Waals surface area contributed by atoms with Gasteiger partial charge in [-0.1, -0.05) is 19.3 Å². The average Bonchev–Trinajstić information content (AvgIpc) is 2.64. The van der Waals surface area contributed by atoms with Crippen LogP contribution in [0.1, 0.15) is 56.3 Å². The molecular weight excluding hydrogens is 326 g/mol. The molecule has 1 saturated carbocycles. The number of ether oxygens (including phenoxy) is 1. The standard InChI is InChI=1S/C21H27N3O2/c1-15(2)26-19-10-8-18(9-11-19)24-21(25)16-12-13-22-20(14-16)23-17-6-4-3-5-7-17/h8-15,17H,3-7H2,1-2H3,(H,22,23)(H,24,25). The topological polar surface area (TPSA) is 63.2 Å². The molecule has 2 N–H and O–H groups in total. The third kappa shape index (κ3) is 5.22. The zero-order valence-corrected chi connectivity index (χ0v) is 15.5. The first-order chi connectivity index (χ1) is 12.6. The van der Waals surface area contributed by atoms with E-state index in [1.165, 1.54) is 32.1 Å². The molecule has 3 rings (SSSR count). The molecule has 0 saturated heterocycles. The Hall–Kier alpha value is -2.56. The summed E-state index contributed by atoms with van der Waals surface area (Å²) in [4.78, 5) is 16.9. The molecule has 1 aromatic heterocycles. The molecule has 0 unspecified atom stereocenters. The van der Waals surface area contributed by atoms with E-state index in [1.807, 2.05) is 44.2 Å². The first-order valence-corrected chi connectivity index (χ1v) is 9.41. The van der Waals surface area contributed by atoms with Crippen LogP contribution in [0.25, 0.3) is 0 Å². The van der Waals surface area contributed by atoms with E-state index in [2.05, 4.69) is 15.6 Å². The van der Waals surface area contributed by atoms with E-state index in [1.54, 1.807) is 12.3 Å². The van der Waals surface area contributed by atoms with Crippen LogP contribution in [0, 0.1) is 0 Å². The second kappa shape index (κ2) is 8.70. The molecular formula is C21H27N3O2. The third-order valence-corrected chi connectivity index (χ3v) is 4.46. The van der Waals surface area contributed by atoms with Gasteiger partial charge < -0.3 is 15.4 Å². The van der Waals surface area contributed by atoms with Crippen LogP contribution in [0.4, 0.5) is 11.5 Å². The van der Waals surface area contributed by atoms with Crippen LogP contribution < -0.4 is 15.4 Å². The minimum atomic E-state index is -0.142. The second-order valence-electron chi connectivity index (χ2n) is 7.05. The summed E-state index contributed by atoms with van der Waals surface area (Å²) < 4.78 is 5.62. The average molecular weight is 353 g/mol. The fourth-order valence-electron chi connectivity index (χ4n) is 3.20. The van der Waals surface area contributed by atoms with Crippen LogP contribution in [-0.2, 0) is 0 Å². The summed E-state index contributed by atoms with van der Waals surface area (Å²) in [5.41, 5.74) is 1.34. The summed E-state index contributed by atoms with van der Waals surface area (Å²) in [6, 6.07) is 11.4. The summed E-state index contributed by atoms with van der Waals surface area (Å²) in [6.45, 7) is 3.97. The molecule has 1 aliphatic rings. The number of anilines is 2. The van der Waals surface area contributed by atoms with Crippen molar-refractivity contribution in [3.8, 4) is 5.75 Å². The number of hydrogen-bond acceptors (Lipinski definition) is 4. The van der Waals surface area contributed by atoms with Crippen LogP contribution >= 0.6 is 0 Å². The van der Waals surface area contributed by atoms with Gasteiger partial charge in [0.1, 0.15) is 11.6 Å². The quantitative estimate of drug-likeness (QED) is 0.778. The largest absolute Gasteiger partial charge is 0.491 e. The van der Waals surface area contributed by atoms with Crippen molar-refractivity contribution in [2.45, 2.75) is 58.1 Å². The lowest BCUT2D eigenvalue weighted by atomic mass is 9.95. The van der Waals surface area contributed by atoms with E-state index in [-0.39, 0.29) is 12.0 Å². The van der Waals surface area contributed by atoms with Gasteiger partial charge in [0.25, 0.3) is 5.91 Å².